The molecule has 7 heteroatoms. The number of esters is 1. The molecule has 0 saturated heterocycles. The predicted octanol–water partition coefficient (Wildman–Crippen LogP) is 4.35. The third-order valence-corrected chi connectivity index (χ3v) is 4.80. The number of hydrogen-bond donors (Lipinski definition) is 1. The molecule has 0 spiro atoms. The van der Waals surface area contributed by atoms with Crippen LogP contribution in [0.5, 0.6) is 5.75 Å². The van der Waals surface area contributed by atoms with E-state index >= 15 is 0 Å². The molecular weight excluding hydrogens is 388 g/mol. The van der Waals surface area contributed by atoms with Crippen molar-refractivity contribution in [2.45, 2.75) is 11.1 Å². The first-order chi connectivity index (χ1) is 14.1. The van der Waals surface area contributed by atoms with E-state index in [1.165, 1.54) is 11.8 Å². The summed E-state index contributed by atoms with van der Waals surface area (Å²) in [6, 6.07) is 19.1. The van der Waals surface area contributed by atoms with Crippen LogP contribution in [0.3, 0.4) is 0 Å². The Balaban J connectivity index is 1.86. The smallest absolute Gasteiger partial charge is 0.342 e. The summed E-state index contributed by atoms with van der Waals surface area (Å²) in [5.74, 6) is -0.472. The lowest BCUT2D eigenvalue weighted by atomic mass is 10.1. The highest BCUT2D eigenvalue weighted by molar-refractivity contribution is 7.98. The zero-order chi connectivity index (χ0) is 20.6. The normalized spacial score (nSPS) is 11.4. The first-order valence-corrected chi connectivity index (χ1v) is 10.0. The monoisotopic (exact) mass is 408 g/mol. The number of carbonyl (C=O) groups is 2. The summed E-state index contributed by atoms with van der Waals surface area (Å²) in [7, 11) is 1.55. The van der Waals surface area contributed by atoms with Gasteiger partial charge in [0.05, 0.1) is 12.7 Å². The molecular formula is C22H20N2O4S. The van der Waals surface area contributed by atoms with Crippen LogP contribution in [-0.2, 0) is 9.53 Å². The first-order valence-electron chi connectivity index (χ1n) is 8.82. The van der Waals surface area contributed by atoms with Gasteiger partial charge in [-0.25, -0.2) is 9.78 Å². The molecule has 2 aromatic carbocycles. The molecule has 0 unspecified atom stereocenters. The van der Waals surface area contributed by atoms with Gasteiger partial charge >= 0.3 is 5.97 Å². The van der Waals surface area contributed by atoms with Crippen molar-refractivity contribution in [3.8, 4) is 5.75 Å². The van der Waals surface area contributed by atoms with Crippen molar-refractivity contribution in [2.24, 2.45) is 0 Å². The van der Waals surface area contributed by atoms with Crippen LogP contribution in [0.25, 0.3) is 0 Å². The average molecular weight is 408 g/mol. The summed E-state index contributed by atoms with van der Waals surface area (Å²) >= 11 is 1.34. The second-order valence-corrected chi connectivity index (χ2v) is 6.77. The molecule has 1 amide bonds. The number of ether oxygens (including phenoxy) is 2. The van der Waals surface area contributed by atoms with Crippen LogP contribution in [0.2, 0.25) is 0 Å². The van der Waals surface area contributed by atoms with E-state index < -0.39 is 18.0 Å². The number of amides is 1. The number of methoxy groups -OCH3 is 1. The number of benzene rings is 2. The zero-order valence-corrected chi connectivity index (χ0v) is 16.8. The van der Waals surface area contributed by atoms with Crippen LogP contribution in [0.15, 0.2) is 78.0 Å². The molecule has 0 aliphatic rings. The Morgan fingerprint density at radius 1 is 1.03 bits per heavy atom. The number of pyridine rings is 1. The molecule has 0 saturated carbocycles. The van der Waals surface area contributed by atoms with Crippen molar-refractivity contribution in [1.82, 2.24) is 4.98 Å². The fourth-order valence-electron chi connectivity index (χ4n) is 2.69. The lowest BCUT2D eigenvalue weighted by molar-refractivity contribution is -0.125. The first kappa shape index (κ1) is 20.4. The minimum Gasteiger partial charge on any atom is -0.497 e. The third kappa shape index (κ3) is 5.14. The number of aromatic nitrogens is 1. The van der Waals surface area contributed by atoms with Crippen molar-refractivity contribution < 1.29 is 19.1 Å². The Kier molecular flexibility index (Phi) is 6.86. The van der Waals surface area contributed by atoms with Gasteiger partial charge in [0.15, 0.2) is 0 Å². The predicted molar refractivity (Wildman–Crippen MR) is 112 cm³/mol. The quantitative estimate of drug-likeness (QED) is 0.463. The van der Waals surface area contributed by atoms with E-state index in [1.54, 1.807) is 74.0 Å². The van der Waals surface area contributed by atoms with Gasteiger partial charge < -0.3 is 14.8 Å². The average Bonchev–Trinajstić information content (AvgIpc) is 2.77. The Morgan fingerprint density at radius 2 is 1.83 bits per heavy atom. The van der Waals surface area contributed by atoms with Gasteiger partial charge in [0.2, 0.25) is 6.10 Å². The Labute approximate surface area is 173 Å². The highest BCUT2D eigenvalue weighted by atomic mass is 32.2. The Hall–Kier alpha value is -3.32. The van der Waals surface area contributed by atoms with E-state index in [0.717, 1.165) is 0 Å². The molecule has 1 heterocycles. The SMILES string of the molecule is COc1cccc(NC(=O)[C@H](OC(=O)c2cccnc2SC)c2ccccc2)c1. The number of nitrogens with one attached hydrogen (secondary N) is 1. The maximum atomic E-state index is 13.0. The molecule has 0 aliphatic heterocycles. The number of rotatable bonds is 7. The van der Waals surface area contributed by atoms with Crippen LogP contribution in [0.1, 0.15) is 22.0 Å². The molecule has 1 atom stereocenters. The maximum Gasteiger partial charge on any atom is 0.342 e. The molecule has 1 N–H and O–H groups in total. The molecule has 0 bridgehead atoms. The van der Waals surface area contributed by atoms with Gasteiger partial charge in [0.1, 0.15) is 10.8 Å². The highest BCUT2D eigenvalue weighted by Gasteiger charge is 2.27. The van der Waals surface area contributed by atoms with E-state index in [4.69, 9.17) is 9.47 Å². The fourth-order valence-corrected chi connectivity index (χ4v) is 3.23. The second kappa shape index (κ2) is 9.75. The molecule has 0 aliphatic carbocycles. The van der Waals surface area contributed by atoms with Crippen molar-refractivity contribution >= 4 is 29.3 Å². The van der Waals surface area contributed by atoms with Gasteiger partial charge in [-0.3, -0.25) is 4.79 Å². The van der Waals surface area contributed by atoms with Crippen LogP contribution in [0.4, 0.5) is 5.69 Å². The van der Waals surface area contributed by atoms with Gasteiger partial charge in [-0.1, -0.05) is 36.4 Å². The van der Waals surface area contributed by atoms with Crippen molar-refractivity contribution in [1.29, 1.82) is 0 Å². The summed E-state index contributed by atoms with van der Waals surface area (Å²) in [6.07, 6.45) is 2.31. The zero-order valence-electron chi connectivity index (χ0n) is 16.0. The molecule has 29 heavy (non-hydrogen) atoms. The van der Waals surface area contributed by atoms with Gasteiger partial charge in [-0.15, -0.1) is 11.8 Å². The van der Waals surface area contributed by atoms with Crippen LogP contribution in [0, 0.1) is 0 Å². The van der Waals surface area contributed by atoms with Gasteiger partial charge in [-0.05, 0) is 30.5 Å². The number of anilines is 1. The minimum atomic E-state index is -1.12. The fraction of sp³-hybridized carbons (Fsp3) is 0.136. The number of thioether (sulfide) groups is 1. The third-order valence-electron chi connectivity index (χ3n) is 4.09. The summed E-state index contributed by atoms with van der Waals surface area (Å²) in [4.78, 5) is 30.0. The van der Waals surface area contributed by atoms with Crippen LogP contribution >= 0.6 is 11.8 Å². The van der Waals surface area contributed by atoms with E-state index in [1.807, 2.05) is 12.3 Å². The number of hydrogen-bond acceptors (Lipinski definition) is 6. The van der Waals surface area contributed by atoms with Gasteiger partial charge in [0, 0.05) is 23.5 Å². The largest absolute Gasteiger partial charge is 0.497 e. The van der Waals surface area contributed by atoms with E-state index in [0.29, 0.717) is 27.6 Å². The molecule has 3 rings (SSSR count). The number of carbonyl (C=O) groups excluding carboxylic acids is 2. The van der Waals surface area contributed by atoms with Crippen LogP contribution < -0.4 is 10.1 Å². The van der Waals surface area contributed by atoms with Crippen molar-refractivity contribution in [3.63, 3.8) is 0 Å². The Morgan fingerprint density at radius 3 is 2.55 bits per heavy atom. The maximum absolute atomic E-state index is 13.0. The minimum absolute atomic E-state index is 0.315. The lowest BCUT2D eigenvalue weighted by Crippen LogP contribution is -2.26. The molecule has 6 nitrogen and oxygen atoms in total. The van der Waals surface area contributed by atoms with Crippen molar-refractivity contribution in [3.05, 3.63) is 84.1 Å². The molecule has 148 valence electrons. The molecule has 1 aromatic heterocycles. The van der Waals surface area contributed by atoms with Gasteiger partial charge in [-0.2, -0.15) is 0 Å². The van der Waals surface area contributed by atoms with Crippen molar-refractivity contribution in [2.75, 3.05) is 18.7 Å². The number of nitrogens with zero attached hydrogens (tertiary/aromatic N) is 1. The van der Waals surface area contributed by atoms with Crippen LogP contribution in [-0.4, -0.2) is 30.2 Å². The van der Waals surface area contributed by atoms with E-state index in [-0.39, 0.29) is 0 Å². The summed E-state index contributed by atoms with van der Waals surface area (Å²) in [5, 5.41) is 3.32. The topological polar surface area (TPSA) is 77.5 Å². The highest BCUT2D eigenvalue weighted by Crippen LogP contribution is 2.25. The standard InChI is InChI=1S/C22H20N2O4S/c1-27-17-11-6-10-16(14-17)24-20(25)19(15-8-4-3-5-9-15)28-22(26)18-12-7-13-23-21(18)29-2/h3-14,19H,1-2H3,(H,24,25)/t19-/m1/s1. The Bertz CT molecular complexity index is 995. The van der Waals surface area contributed by atoms with E-state index in [9.17, 15) is 9.59 Å². The summed E-state index contributed by atoms with van der Waals surface area (Å²) in [6.45, 7) is 0. The molecule has 0 fully saturated rings. The summed E-state index contributed by atoms with van der Waals surface area (Å²) < 4.78 is 10.8. The molecule has 0 radical (unpaired) electrons. The summed E-state index contributed by atoms with van der Waals surface area (Å²) in [5.41, 5.74) is 1.42. The van der Waals surface area contributed by atoms with E-state index in [2.05, 4.69) is 10.3 Å². The van der Waals surface area contributed by atoms with Gasteiger partial charge in [0.25, 0.3) is 5.91 Å². The molecule has 3 aromatic rings. The lowest BCUT2D eigenvalue weighted by Gasteiger charge is -2.19. The second-order valence-electron chi connectivity index (χ2n) is 5.98.